The van der Waals surface area contributed by atoms with E-state index in [-0.39, 0.29) is 6.09 Å². The molecule has 112 valence electrons. The van der Waals surface area contributed by atoms with Crippen molar-refractivity contribution in [3.63, 3.8) is 0 Å². The molecule has 0 unspecified atom stereocenters. The molecule has 0 atom stereocenters. The number of nitrogens with zero attached hydrogens (tertiary/aromatic N) is 3. The van der Waals surface area contributed by atoms with Crippen LogP contribution in [0, 0.1) is 0 Å². The van der Waals surface area contributed by atoms with Crippen LogP contribution in [0.25, 0.3) is 0 Å². The van der Waals surface area contributed by atoms with Gasteiger partial charge < -0.3 is 19.5 Å². The van der Waals surface area contributed by atoms with E-state index < -0.39 is 0 Å². The minimum absolute atomic E-state index is 0.190. The van der Waals surface area contributed by atoms with E-state index in [2.05, 4.69) is 21.8 Å². The van der Waals surface area contributed by atoms with Crippen LogP contribution in [0.4, 0.5) is 4.79 Å². The molecule has 0 aromatic carbocycles. The van der Waals surface area contributed by atoms with Crippen molar-refractivity contribution in [2.45, 2.75) is 39.3 Å². The lowest BCUT2D eigenvalue weighted by Crippen LogP contribution is -2.39. The molecule has 2 rings (SSSR count). The fourth-order valence-electron chi connectivity index (χ4n) is 2.59. The van der Waals surface area contributed by atoms with E-state index in [0.29, 0.717) is 12.6 Å². The highest BCUT2D eigenvalue weighted by molar-refractivity contribution is 5.67. The molecule has 2 heterocycles. The van der Waals surface area contributed by atoms with Gasteiger partial charge in [0, 0.05) is 31.9 Å². The summed E-state index contributed by atoms with van der Waals surface area (Å²) >= 11 is 0. The van der Waals surface area contributed by atoms with Crippen LogP contribution in [-0.2, 0) is 11.3 Å². The van der Waals surface area contributed by atoms with Gasteiger partial charge in [-0.1, -0.05) is 6.92 Å². The smallest absolute Gasteiger partial charge is 0.409 e. The third-order valence-electron chi connectivity index (χ3n) is 3.69. The number of aromatic nitrogens is 2. The molecule has 1 aromatic heterocycles. The highest BCUT2D eigenvalue weighted by atomic mass is 16.6. The second kappa shape index (κ2) is 7.28. The number of hydrogen-bond donors (Lipinski definition) is 1. The van der Waals surface area contributed by atoms with E-state index in [9.17, 15) is 4.79 Å². The van der Waals surface area contributed by atoms with E-state index in [1.165, 1.54) is 5.69 Å². The van der Waals surface area contributed by atoms with E-state index in [0.717, 1.165) is 39.0 Å². The lowest BCUT2D eigenvalue weighted by Gasteiger charge is -2.32. The third kappa shape index (κ3) is 3.50. The maximum atomic E-state index is 11.7. The Morgan fingerprint density at radius 2 is 2.20 bits per heavy atom. The van der Waals surface area contributed by atoms with Crippen LogP contribution in [0.1, 0.15) is 38.4 Å². The summed E-state index contributed by atoms with van der Waals surface area (Å²) in [5.41, 5.74) is 1.21. The zero-order chi connectivity index (χ0) is 14.4. The van der Waals surface area contributed by atoms with Crippen LogP contribution in [-0.4, -0.2) is 46.8 Å². The Morgan fingerprint density at radius 1 is 1.45 bits per heavy atom. The summed E-state index contributed by atoms with van der Waals surface area (Å²) < 4.78 is 7.28. The van der Waals surface area contributed by atoms with Crippen molar-refractivity contribution >= 4 is 6.09 Å². The van der Waals surface area contributed by atoms with Gasteiger partial charge in [0.15, 0.2) is 0 Å². The largest absolute Gasteiger partial charge is 0.450 e. The van der Waals surface area contributed by atoms with Crippen molar-refractivity contribution in [2.24, 2.45) is 0 Å². The quantitative estimate of drug-likeness (QED) is 0.893. The number of rotatable bonds is 5. The van der Waals surface area contributed by atoms with Crippen molar-refractivity contribution < 1.29 is 9.53 Å². The van der Waals surface area contributed by atoms with Gasteiger partial charge in [-0.15, -0.1) is 0 Å². The van der Waals surface area contributed by atoms with Gasteiger partial charge in [-0.25, -0.2) is 9.78 Å². The van der Waals surface area contributed by atoms with Crippen LogP contribution in [0.5, 0.6) is 0 Å². The Balaban J connectivity index is 1.90. The number of carbonyl (C=O) groups is 1. The van der Waals surface area contributed by atoms with Crippen molar-refractivity contribution in [2.75, 3.05) is 26.2 Å². The Labute approximate surface area is 120 Å². The van der Waals surface area contributed by atoms with Crippen molar-refractivity contribution in [3.8, 4) is 0 Å². The maximum absolute atomic E-state index is 11.7. The first-order valence-corrected chi connectivity index (χ1v) is 7.39. The molecule has 0 saturated carbocycles. The first-order chi connectivity index (χ1) is 9.76. The molecule has 6 nitrogen and oxygen atoms in total. The second-order valence-electron chi connectivity index (χ2n) is 4.99. The lowest BCUT2D eigenvalue weighted by atomic mass is 10.1. The Bertz CT molecular complexity index is 425. The number of carbonyl (C=O) groups excluding carboxylic acids is 1. The Morgan fingerprint density at radius 3 is 2.85 bits per heavy atom. The standard InChI is InChI=1S/C14H24N4O2/c1-3-15-9-13-10-16-11-18(13)12-5-7-17(8-6-12)14(19)20-4-2/h10-12,15H,3-9H2,1-2H3. The summed E-state index contributed by atoms with van der Waals surface area (Å²) in [7, 11) is 0. The summed E-state index contributed by atoms with van der Waals surface area (Å²) in [6, 6.07) is 0.428. The third-order valence-corrected chi connectivity index (χ3v) is 3.69. The monoisotopic (exact) mass is 280 g/mol. The molecule has 0 aliphatic carbocycles. The van der Waals surface area contributed by atoms with E-state index >= 15 is 0 Å². The first kappa shape index (κ1) is 14.8. The van der Waals surface area contributed by atoms with E-state index in [1.54, 1.807) is 4.90 Å². The zero-order valence-corrected chi connectivity index (χ0v) is 12.3. The fraction of sp³-hybridized carbons (Fsp3) is 0.714. The summed E-state index contributed by atoms with van der Waals surface area (Å²) in [6.45, 7) is 7.67. The molecular weight excluding hydrogens is 256 g/mol. The van der Waals surface area contributed by atoms with Gasteiger partial charge in [0.05, 0.1) is 18.6 Å². The molecule has 6 heteroatoms. The molecule has 1 aliphatic heterocycles. The number of hydrogen-bond acceptors (Lipinski definition) is 4. The molecule has 1 saturated heterocycles. The number of nitrogens with one attached hydrogen (secondary N) is 1. The number of imidazole rings is 1. The van der Waals surface area contributed by atoms with Crippen molar-refractivity contribution in [3.05, 3.63) is 18.2 Å². The van der Waals surface area contributed by atoms with Crippen molar-refractivity contribution in [1.82, 2.24) is 19.8 Å². The van der Waals surface area contributed by atoms with Crippen LogP contribution in [0.15, 0.2) is 12.5 Å². The normalized spacial score (nSPS) is 16.4. The summed E-state index contributed by atoms with van der Waals surface area (Å²) in [4.78, 5) is 17.7. The van der Waals surface area contributed by atoms with Gasteiger partial charge in [-0.3, -0.25) is 0 Å². The van der Waals surface area contributed by atoms with Crippen LogP contribution < -0.4 is 5.32 Å². The molecule has 1 aromatic rings. The second-order valence-corrected chi connectivity index (χ2v) is 4.99. The van der Waals surface area contributed by atoms with Gasteiger partial charge in [0.1, 0.15) is 0 Å². The van der Waals surface area contributed by atoms with Gasteiger partial charge in [-0.05, 0) is 26.3 Å². The van der Waals surface area contributed by atoms with Gasteiger partial charge >= 0.3 is 6.09 Å². The predicted molar refractivity (Wildman–Crippen MR) is 76.5 cm³/mol. The summed E-state index contributed by atoms with van der Waals surface area (Å²) in [6.07, 6.45) is 5.53. The van der Waals surface area contributed by atoms with Gasteiger partial charge in [-0.2, -0.15) is 0 Å². The first-order valence-electron chi connectivity index (χ1n) is 7.39. The molecule has 1 N–H and O–H groups in total. The number of amides is 1. The fourth-order valence-corrected chi connectivity index (χ4v) is 2.59. The van der Waals surface area contributed by atoms with Crippen LogP contribution in [0.2, 0.25) is 0 Å². The molecule has 1 amide bonds. The molecule has 1 fully saturated rings. The lowest BCUT2D eigenvalue weighted by molar-refractivity contribution is 0.0924. The molecule has 0 radical (unpaired) electrons. The molecule has 0 spiro atoms. The van der Waals surface area contributed by atoms with Crippen LogP contribution >= 0.6 is 0 Å². The average Bonchev–Trinajstić information content (AvgIpc) is 2.94. The molecule has 1 aliphatic rings. The highest BCUT2D eigenvalue weighted by Gasteiger charge is 2.25. The van der Waals surface area contributed by atoms with Gasteiger partial charge in [0.25, 0.3) is 0 Å². The van der Waals surface area contributed by atoms with Gasteiger partial charge in [0.2, 0.25) is 0 Å². The van der Waals surface area contributed by atoms with E-state index in [4.69, 9.17) is 4.74 Å². The number of likely N-dealkylation sites (tertiary alicyclic amines) is 1. The number of ether oxygens (including phenoxy) is 1. The zero-order valence-electron chi connectivity index (χ0n) is 12.3. The summed E-state index contributed by atoms with van der Waals surface area (Å²) in [5.74, 6) is 0. The Hall–Kier alpha value is -1.56. The molecule has 0 bridgehead atoms. The predicted octanol–water partition coefficient (Wildman–Crippen LogP) is 1.79. The molecular formula is C14H24N4O2. The molecule has 20 heavy (non-hydrogen) atoms. The maximum Gasteiger partial charge on any atom is 0.409 e. The van der Waals surface area contributed by atoms with E-state index in [1.807, 2.05) is 19.4 Å². The Kier molecular flexibility index (Phi) is 5.40. The minimum atomic E-state index is -0.190. The minimum Gasteiger partial charge on any atom is -0.450 e. The topological polar surface area (TPSA) is 59.4 Å². The number of piperidine rings is 1. The van der Waals surface area contributed by atoms with Crippen molar-refractivity contribution in [1.29, 1.82) is 0 Å². The van der Waals surface area contributed by atoms with Crippen LogP contribution in [0.3, 0.4) is 0 Å². The average molecular weight is 280 g/mol. The SMILES string of the molecule is CCNCc1cncn1C1CCN(C(=O)OCC)CC1. The summed E-state index contributed by atoms with van der Waals surface area (Å²) in [5, 5.41) is 3.33. The highest BCUT2D eigenvalue weighted by Crippen LogP contribution is 2.24.